The summed E-state index contributed by atoms with van der Waals surface area (Å²) in [6.45, 7) is 4.82. The molecule has 1 nitrogen and oxygen atoms in total. The predicted octanol–water partition coefficient (Wildman–Crippen LogP) is 5.36. The monoisotopic (exact) mass is 379 g/mol. The van der Waals surface area contributed by atoms with Crippen LogP contribution in [0, 0.1) is 11.3 Å². The minimum Gasteiger partial charge on any atom is -0.312 e. The van der Waals surface area contributed by atoms with E-state index in [1.165, 1.54) is 32.4 Å². The van der Waals surface area contributed by atoms with Crippen LogP contribution in [0.4, 0.5) is 0 Å². The van der Waals surface area contributed by atoms with Gasteiger partial charge in [0.1, 0.15) is 0 Å². The fraction of sp³-hybridized carbons (Fsp3) is 0.692. The average Bonchev–Trinajstić information content (AvgIpc) is 2.74. The second kappa shape index (κ2) is 5.32. The summed E-state index contributed by atoms with van der Waals surface area (Å²) in [6, 6.07) is 2.74. The molecule has 0 saturated heterocycles. The van der Waals surface area contributed by atoms with E-state index >= 15 is 0 Å². The zero-order valence-electron chi connectivity index (χ0n) is 10.5. The maximum atomic E-state index is 3.59. The van der Waals surface area contributed by atoms with Crippen molar-refractivity contribution in [2.24, 2.45) is 11.3 Å². The molecule has 1 aliphatic carbocycles. The van der Waals surface area contributed by atoms with Crippen LogP contribution < -0.4 is 5.32 Å². The Kier molecular flexibility index (Phi) is 4.39. The molecule has 1 aromatic heterocycles. The smallest absolute Gasteiger partial charge is 0.0843 e. The summed E-state index contributed by atoms with van der Waals surface area (Å²) in [6.07, 6.45) is 4.05. The lowest BCUT2D eigenvalue weighted by Crippen LogP contribution is -2.31. The summed E-state index contributed by atoms with van der Waals surface area (Å²) in [5.41, 5.74) is 0.455. The van der Waals surface area contributed by atoms with Gasteiger partial charge in [0.15, 0.2) is 0 Å². The molecule has 2 atom stereocenters. The van der Waals surface area contributed by atoms with E-state index in [-0.39, 0.29) is 0 Å². The van der Waals surface area contributed by atoms with Crippen molar-refractivity contribution in [1.29, 1.82) is 0 Å². The first-order valence-electron chi connectivity index (χ1n) is 6.07. The molecular weight excluding hydrogens is 362 g/mol. The van der Waals surface area contributed by atoms with Gasteiger partial charge >= 0.3 is 0 Å². The summed E-state index contributed by atoms with van der Waals surface area (Å²) in [5, 5.41) is 3.53. The summed E-state index contributed by atoms with van der Waals surface area (Å²) < 4.78 is 2.37. The highest BCUT2D eigenvalue weighted by molar-refractivity contribution is 9.13. The number of hydrogen-bond acceptors (Lipinski definition) is 2. The van der Waals surface area contributed by atoms with Gasteiger partial charge in [-0.1, -0.05) is 20.3 Å². The molecule has 1 fully saturated rings. The van der Waals surface area contributed by atoms with Crippen LogP contribution >= 0.6 is 43.2 Å². The standard InChI is InChI=1S/C13H19Br2NS/c1-13(2)6-4-5-8(13)11(16-3)10-7-9(14)12(15)17-10/h7-8,11,16H,4-6H2,1-3H3. The molecule has 96 valence electrons. The molecule has 2 rings (SSSR count). The molecule has 0 aliphatic heterocycles. The van der Waals surface area contributed by atoms with Crippen molar-refractivity contribution in [3.8, 4) is 0 Å². The normalized spacial score (nSPS) is 25.1. The molecule has 17 heavy (non-hydrogen) atoms. The summed E-state index contributed by atoms with van der Waals surface area (Å²) >= 11 is 9.02. The maximum absolute atomic E-state index is 3.59. The lowest BCUT2D eigenvalue weighted by atomic mass is 9.77. The molecule has 0 bridgehead atoms. The van der Waals surface area contributed by atoms with Crippen molar-refractivity contribution >= 4 is 43.2 Å². The quantitative estimate of drug-likeness (QED) is 0.744. The first-order chi connectivity index (χ1) is 7.95. The third-order valence-electron chi connectivity index (χ3n) is 4.02. The molecule has 0 radical (unpaired) electrons. The maximum Gasteiger partial charge on any atom is 0.0843 e. The average molecular weight is 381 g/mol. The van der Waals surface area contributed by atoms with Crippen LogP contribution in [0.3, 0.4) is 0 Å². The van der Waals surface area contributed by atoms with Crippen molar-refractivity contribution in [3.63, 3.8) is 0 Å². The van der Waals surface area contributed by atoms with Gasteiger partial charge in [0.2, 0.25) is 0 Å². The van der Waals surface area contributed by atoms with E-state index in [0.29, 0.717) is 11.5 Å². The fourth-order valence-corrected chi connectivity index (χ4v) is 5.30. The molecule has 0 spiro atoms. The summed E-state index contributed by atoms with van der Waals surface area (Å²) in [7, 11) is 2.08. The molecule has 1 aliphatic rings. The van der Waals surface area contributed by atoms with Crippen molar-refractivity contribution < 1.29 is 0 Å². The molecule has 1 heterocycles. The Hall–Kier alpha value is 0.620. The largest absolute Gasteiger partial charge is 0.312 e. The molecule has 1 N–H and O–H groups in total. The zero-order valence-corrected chi connectivity index (χ0v) is 14.5. The summed E-state index contributed by atoms with van der Waals surface area (Å²) in [5.74, 6) is 0.741. The first-order valence-corrected chi connectivity index (χ1v) is 8.48. The van der Waals surface area contributed by atoms with Gasteiger partial charge in [-0.15, -0.1) is 11.3 Å². The van der Waals surface area contributed by atoms with Gasteiger partial charge < -0.3 is 5.32 Å². The van der Waals surface area contributed by atoms with Crippen LogP contribution in [0.2, 0.25) is 0 Å². The van der Waals surface area contributed by atoms with Crippen LogP contribution in [0.5, 0.6) is 0 Å². The Morgan fingerprint density at radius 3 is 2.59 bits per heavy atom. The van der Waals surface area contributed by atoms with Gasteiger partial charge in [0.25, 0.3) is 0 Å². The van der Waals surface area contributed by atoms with E-state index in [2.05, 4.69) is 64.1 Å². The highest BCUT2D eigenvalue weighted by Crippen LogP contribution is 2.50. The molecule has 0 aromatic carbocycles. The fourth-order valence-electron chi connectivity index (χ4n) is 3.03. The Morgan fingerprint density at radius 2 is 2.18 bits per heavy atom. The molecular formula is C13H19Br2NS. The minimum atomic E-state index is 0.455. The second-order valence-corrected chi connectivity index (χ2v) is 8.78. The van der Waals surface area contributed by atoms with Crippen LogP contribution in [0.25, 0.3) is 0 Å². The van der Waals surface area contributed by atoms with Crippen LogP contribution in [-0.2, 0) is 0 Å². The lowest BCUT2D eigenvalue weighted by molar-refractivity contribution is 0.205. The topological polar surface area (TPSA) is 12.0 Å². The van der Waals surface area contributed by atoms with E-state index in [0.717, 1.165) is 5.92 Å². The van der Waals surface area contributed by atoms with Gasteiger partial charge in [-0.05, 0) is 69.1 Å². The summed E-state index contributed by atoms with van der Waals surface area (Å²) in [4.78, 5) is 1.44. The van der Waals surface area contributed by atoms with E-state index in [4.69, 9.17) is 0 Å². The van der Waals surface area contributed by atoms with Crippen molar-refractivity contribution in [1.82, 2.24) is 5.32 Å². The highest BCUT2D eigenvalue weighted by atomic mass is 79.9. The van der Waals surface area contributed by atoms with Crippen molar-refractivity contribution in [2.75, 3.05) is 7.05 Å². The zero-order chi connectivity index (χ0) is 12.6. The Labute approximate surface area is 125 Å². The van der Waals surface area contributed by atoms with Gasteiger partial charge in [0.05, 0.1) is 3.79 Å². The second-order valence-electron chi connectivity index (χ2n) is 5.52. The van der Waals surface area contributed by atoms with Gasteiger partial charge in [-0.25, -0.2) is 0 Å². The predicted molar refractivity (Wildman–Crippen MR) is 82.6 cm³/mol. The van der Waals surface area contributed by atoms with Gasteiger partial charge in [-0.3, -0.25) is 0 Å². The number of hydrogen-bond donors (Lipinski definition) is 1. The Balaban J connectivity index is 2.27. The van der Waals surface area contributed by atoms with Crippen molar-refractivity contribution in [2.45, 2.75) is 39.2 Å². The Bertz CT molecular complexity index is 381. The van der Waals surface area contributed by atoms with Gasteiger partial charge in [-0.2, -0.15) is 0 Å². The number of nitrogens with one attached hydrogen (secondary N) is 1. The number of halogens is 2. The minimum absolute atomic E-state index is 0.455. The molecule has 4 heteroatoms. The lowest BCUT2D eigenvalue weighted by Gasteiger charge is -2.33. The van der Waals surface area contributed by atoms with Crippen LogP contribution in [0.1, 0.15) is 44.0 Å². The van der Waals surface area contributed by atoms with E-state index in [9.17, 15) is 0 Å². The first kappa shape index (κ1) is 14.0. The van der Waals surface area contributed by atoms with Crippen molar-refractivity contribution in [3.05, 3.63) is 19.2 Å². The SMILES string of the molecule is CNC(c1cc(Br)c(Br)s1)C1CCCC1(C)C. The molecule has 1 saturated carbocycles. The molecule has 2 unspecified atom stereocenters. The van der Waals surface area contributed by atoms with E-state index in [1.54, 1.807) is 0 Å². The third kappa shape index (κ3) is 2.80. The van der Waals surface area contributed by atoms with E-state index < -0.39 is 0 Å². The number of rotatable bonds is 3. The third-order valence-corrected chi connectivity index (χ3v) is 7.36. The molecule has 1 aromatic rings. The van der Waals surface area contributed by atoms with Crippen LogP contribution in [0.15, 0.2) is 14.3 Å². The Morgan fingerprint density at radius 1 is 1.47 bits per heavy atom. The van der Waals surface area contributed by atoms with Gasteiger partial charge in [0, 0.05) is 15.4 Å². The van der Waals surface area contributed by atoms with Crippen LogP contribution in [-0.4, -0.2) is 7.05 Å². The van der Waals surface area contributed by atoms with E-state index in [1.807, 2.05) is 11.3 Å². The molecule has 0 amide bonds. The highest BCUT2D eigenvalue weighted by Gasteiger charge is 2.40. The number of thiophene rings is 1.